The summed E-state index contributed by atoms with van der Waals surface area (Å²) in [5, 5.41) is 0. The summed E-state index contributed by atoms with van der Waals surface area (Å²) in [6.45, 7) is 19.0. The summed E-state index contributed by atoms with van der Waals surface area (Å²) in [6.07, 6.45) is 0. The van der Waals surface area contributed by atoms with Gasteiger partial charge in [-0.3, -0.25) is 0 Å². The molecule has 0 aromatic heterocycles. The molecule has 20 heavy (non-hydrogen) atoms. The molecule has 0 aromatic rings. The average molecular weight is 328 g/mol. The molecule has 0 rings (SSSR count). The van der Waals surface area contributed by atoms with E-state index in [1.165, 1.54) is 0 Å². The maximum Gasteiger partial charge on any atom is 0.745 e. The van der Waals surface area contributed by atoms with Gasteiger partial charge in [0, 0.05) is 9.13 Å². The topological polar surface area (TPSA) is 83.8 Å². The van der Waals surface area contributed by atoms with Gasteiger partial charge in [-0.05, 0) is 29.1 Å². The third-order valence-electron chi connectivity index (χ3n) is 4.14. The van der Waals surface area contributed by atoms with Crippen LogP contribution in [0, 0.1) is 29.1 Å². The highest BCUT2D eigenvalue weighted by Crippen LogP contribution is 2.48. The first-order valence-corrected chi connectivity index (χ1v) is 9.16. The van der Waals surface area contributed by atoms with E-state index in [2.05, 4.69) is 59.7 Å². The Balaban J connectivity index is 0. The predicted molar refractivity (Wildman–Crippen MR) is 82.5 cm³/mol. The first-order chi connectivity index (χ1) is 8.90. The van der Waals surface area contributed by atoms with Crippen LogP contribution in [-0.4, -0.2) is 9.79 Å². The summed E-state index contributed by atoms with van der Waals surface area (Å²) in [7, 11) is -5.85. The van der Waals surface area contributed by atoms with E-state index in [1.807, 2.05) is 0 Å². The van der Waals surface area contributed by atoms with E-state index in [9.17, 15) is 9.13 Å². The van der Waals surface area contributed by atoms with Crippen molar-refractivity contribution in [3.63, 3.8) is 0 Å². The minimum absolute atomic E-state index is 0.500. The summed E-state index contributed by atoms with van der Waals surface area (Å²) >= 11 is 0. The van der Waals surface area contributed by atoms with E-state index >= 15 is 0 Å². The van der Waals surface area contributed by atoms with E-state index in [1.54, 1.807) is 0 Å². The van der Waals surface area contributed by atoms with Gasteiger partial charge in [0.1, 0.15) is 0 Å². The van der Waals surface area contributed by atoms with Crippen molar-refractivity contribution in [2.75, 3.05) is 0 Å². The Morgan fingerprint density at radius 2 is 0.900 bits per heavy atom. The fraction of sp³-hybridized carbons (Fsp3) is 1.00. The Bertz CT molecular complexity index is 264. The van der Waals surface area contributed by atoms with Crippen molar-refractivity contribution >= 4 is 16.5 Å². The zero-order valence-corrected chi connectivity index (χ0v) is 15.6. The third-order valence-corrected chi connectivity index (χ3v) is 5.26. The molecule has 2 unspecified atom stereocenters. The fourth-order valence-electron chi connectivity index (χ4n) is 4.06. The molecule has 0 spiro atoms. The van der Waals surface area contributed by atoms with Crippen molar-refractivity contribution in [3.05, 3.63) is 0 Å². The highest BCUT2D eigenvalue weighted by Gasteiger charge is 2.42. The number of hydrogen-bond donors (Lipinski definition) is 2. The molecule has 0 radical (unpaired) electrons. The van der Waals surface area contributed by atoms with Crippen LogP contribution < -0.4 is 0 Å². The molecule has 0 saturated heterocycles. The Morgan fingerprint density at radius 3 is 0.900 bits per heavy atom. The van der Waals surface area contributed by atoms with E-state index in [4.69, 9.17) is 9.79 Å². The second-order valence-corrected chi connectivity index (χ2v) is 7.78. The van der Waals surface area contributed by atoms with Gasteiger partial charge in [0.15, 0.2) is 4.31 Å². The van der Waals surface area contributed by atoms with Gasteiger partial charge in [-0.1, -0.05) is 55.4 Å². The smallest absolute Gasteiger partial charge is 0.131 e. The maximum absolute atomic E-state index is 9.39. The number of rotatable bonds is 6. The van der Waals surface area contributed by atoms with Crippen LogP contribution in [0.2, 0.25) is 0 Å². The van der Waals surface area contributed by atoms with Crippen LogP contribution in [-0.2, 0) is 13.4 Å². The van der Waals surface area contributed by atoms with Crippen LogP contribution in [0.25, 0.3) is 0 Å². The zero-order valence-electron chi connectivity index (χ0n) is 13.8. The molecule has 0 aliphatic carbocycles. The maximum atomic E-state index is 9.39. The van der Waals surface area contributed by atoms with Crippen molar-refractivity contribution in [1.82, 2.24) is 0 Å². The van der Waals surface area contributed by atoms with Crippen LogP contribution in [0.1, 0.15) is 55.4 Å². The van der Waals surface area contributed by atoms with Gasteiger partial charge in [-0.15, -0.1) is 9.79 Å². The summed E-state index contributed by atoms with van der Waals surface area (Å²) in [6, 6.07) is 0. The van der Waals surface area contributed by atoms with Crippen LogP contribution in [0.4, 0.5) is 0 Å². The molecule has 0 amide bonds. The molecule has 120 valence electrons. The fourth-order valence-corrected chi connectivity index (χ4v) is 4.54. The van der Waals surface area contributed by atoms with Gasteiger partial charge in [0.2, 0.25) is 0 Å². The lowest BCUT2D eigenvalue weighted by atomic mass is 9.56. The minimum Gasteiger partial charge on any atom is -0.131 e. The van der Waals surface area contributed by atoms with E-state index in [-0.39, 0.29) is 0 Å². The lowest BCUT2D eigenvalue weighted by Gasteiger charge is -2.49. The normalized spacial score (nSPS) is 13.7. The molecule has 7 heteroatoms. The molecular weight excluding hydrogens is 298 g/mol. The van der Waals surface area contributed by atoms with Crippen molar-refractivity contribution in [1.29, 1.82) is 0 Å². The lowest BCUT2D eigenvalue weighted by Crippen LogP contribution is -2.42. The molecule has 0 saturated carbocycles. The van der Waals surface area contributed by atoms with Gasteiger partial charge >= 0.3 is 16.5 Å². The van der Waals surface area contributed by atoms with Gasteiger partial charge in [-0.25, -0.2) is 0 Å². The minimum atomic E-state index is -2.92. The number of hydrogen-bond acceptors (Lipinski definition) is 3. The molecule has 0 fully saturated rings. The van der Waals surface area contributed by atoms with E-state index in [0.717, 1.165) is 23.7 Å². The zero-order chi connectivity index (χ0) is 16.7. The SMILES string of the molecule is CC(C)C(C(C)C)(C(C)C)C(C)C.O=[P+](O)O[P+](=O)O. The van der Waals surface area contributed by atoms with Crippen LogP contribution in [0.5, 0.6) is 0 Å². The van der Waals surface area contributed by atoms with Gasteiger partial charge in [0.25, 0.3) is 0 Å². The van der Waals surface area contributed by atoms with Crippen LogP contribution >= 0.6 is 16.5 Å². The van der Waals surface area contributed by atoms with Crippen molar-refractivity contribution in [2.24, 2.45) is 29.1 Å². The Labute approximate surface area is 125 Å². The largest absolute Gasteiger partial charge is 0.745 e. The van der Waals surface area contributed by atoms with Gasteiger partial charge in [0.05, 0.1) is 0 Å². The van der Waals surface area contributed by atoms with E-state index < -0.39 is 16.5 Å². The Kier molecular flexibility index (Phi) is 11.1. The monoisotopic (exact) mass is 328 g/mol. The second kappa shape index (κ2) is 9.92. The molecule has 0 aliphatic rings. The Morgan fingerprint density at radius 1 is 0.700 bits per heavy atom. The highest BCUT2D eigenvalue weighted by molar-refractivity contribution is 7.46. The summed E-state index contributed by atoms with van der Waals surface area (Å²) in [4.78, 5) is 15.3. The summed E-state index contributed by atoms with van der Waals surface area (Å²) < 4.78 is 22.2. The molecule has 0 heterocycles. The van der Waals surface area contributed by atoms with Crippen LogP contribution in [0.3, 0.4) is 0 Å². The van der Waals surface area contributed by atoms with Crippen LogP contribution in [0.15, 0.2) is 0 Å². The average Bonchev–Trinajstić information content (AvgIpc) is 2.12. The molecule has 0 aromatic carbocycles. The van der Waals surface area contributed by atoms with Crippen molar-refractivity contribution in [3.8, 4) is 0 Å². The molecule has 2 atom stereocenters. The first-order valence-electron chi connectivity index (χ1n) is 6.90. The van der Waals surface area contributed by atoms with E-state index in [0.29, 0.717) is 5.41 Å². The molecule has 2 N–H and O–H groups in total. The van der Waals surface area contributed by atoms with Gasteiger partial charge in [-0.2, -0.15) is 0 Å². The molecule has 0 bridgehead atoms. The van der Waals surface area contributed by atoms with Crippen molar-refractivity contribution < 1.29 is 23.2 Å². The summed E-state index contributed by atoms with van der Waals surface area (Å²) in [5.74, 6) is 3.08. The quantitative estimate of drug-likeness (QED) is 0.678. The molecule has 0 aliphatic heterocycles. The van der Waals surface area contributed by atoms with Gasteiger partial charge < -0.3 is 0 Å². The Hall–Kier alpha value is 0.0800. The predicted octanol–water partition coefficient (Wildman–Crippen LogP) is 4.90. The highest BCUT2D eigenvalue weighted by atomic mass is 31.2. The van der Waals surface area contributed by atoms with Crippen molar-refractivity contribution in [2.45, 2.75) is 55.4 Å². The lowest BCUT2D eigenvalue weighted by molar-refractivity contribution is -0.00353. The third kappa shape index (κ3) is 6.69. The summed E-state index contributed by atoms with van der Waals surface area (Å²) in [5.41, 5.74) is 0.500. The second-order valence-electron chi connectivity index (χ2n) is 6.18. The first kappa shape index (κ1) is 22.4. The standard InChI is InChI=1S/C13H28.O5P2/c1-9(2)13(10(3)4,11(5)6)12(7)8;1-6(2)5-7(3)4/h9-12H,1-8H3;/p+2. The molecular formula is C13H30O5P2+2. The molecule has 5 nitrogen and oxygen atoms in total.